The van der Waals surface area contributed by atoms with E-state index >= 15 is 0 Å². The Morgan fingerprint density at radius 1 is 1.10 bits per heavy atom. The minimum Gasteiger partial charge on any atom is -0.351 e. The van der Waals surface area contributed by atoms with E-state index in [0.717, 1.165) is 18.9 Å². The lowest BCUT2D eigenvalue weighted by atomic mass is 9.96. The average molecular weight is 430 g/mol. The van der Waals surface area contributed by atoms with Crippen LogP contribution < -0.4 is 4.90 Å². The van der Waals surface area contributed by atoms with Gasteiger partial charge in [0, 0.05) is 42.7 Å². The third-order valence-corrected chi connectivity index (χ3v) is 7.88. The van der Waals surface area contributed by atoms with Gasteiger partial charge in [0.05, 0.1) is 28.1 Å². The maximum absolute atomic E-state index is 4.94. The molecule has 3 aromatic heterocycles. The van der Waals surface area contributed by atoms with Crippen molar-refractivity contribution in [1.82, 2.24) is 19.4 Å². The van der Waals surface area contributed by atoms with Crippen molar-refractivity contribution in [2.24, 2.45) is 7.05 Å². The van der Waals surface area contributed by atoms with E-state index in [1.807, 2.05) is 24.5 Å². The molecule has 6 heteroatoms. The Labute approximate surface area is 187 Å². The van der Waals surface area contributed by atoms with Gasteiger partial charge in [0.15, 0.2) is 0 Å². The fourth-order valence-electron chi connectivity index (χ4n) is 5.46. The third kappa shape index (κ3) is 3.00. The summed E-state index contributed by atoms with van der Waals surface area (Å²) >= 11 is 1.83. The fourth-order valence-corrected chi connectivity index (χ4v) is 6.34. The number of likely N-dealkylation sites (tertiary alicyclic amines) is 1. The first kappa shape index (κ1) is 19.0. The number of aryl methyl sites for hydroxylation is 2. The third-order valence-electron chi connectivity index (χ3n) is 6.92. The monoisotopic (exact) mass is 429 g/mol. The maximum Gasteiger partial charge on any atom is 0.125 e. The van der Waals surface area contributed by atoms with Crippen molar-refractivity contribution >= 4 is 33.6 Å². The summed E-state index contributed by atoms with van der Waals surface area (Å²) in [7, 11) is 4.34. The molecule has 1 aromatic carbocycles. The molecular formula is C25H27N5S. The van der Waals surface area contributed by atoms with Crippen LogP contribution in [0.3, 0.4) is 0 Å². The predicted octanol–water partition coefficient (Wildman–Crippen LogP) is 5.33. The standard InChI is InChI=1S/C25H27N5S/c1-16-26-14-23-24(27-16)19-15-28(2)10-4-5-21(19)30(23)22-9-12-31-25(22)18-6-7-20-17(13-18)8-11-29(20)3/h6-9,11-14,19,21H,4-5,10,15H2,1-3H3. The normalized spacial score (nSPS) is 21.3. The molecule has 0 spiro atoms. The zero-order valence-corrected chi connectivity index (χ0v) is 19.1. The Morgan fingerprint density at radius 2 is 2.00 bits per heavy atom. The molecule has 4 aromatic rings. The Kier molecular flexibility index (Phi) is 4.40. The summed E-state index contributed by atoms with van der Waals surface area (Å²) in [4.78, 5) is 15.9. The van der Waals surface area contributed by atoms with Crippen LogP contribution >= 0.6 is 11.3 Å². The number of aromatic nitrogens is 3. The van der Waals surface area contributed by atoms with Gasteiger partial charge in [-0.1, -0.05) is 6.07 Å². The van der Waals surface area contributed by atoms with E-state index in [0.29, 0.717) is 12.0 Å². The van der Waals surface area contributed by atoms with Crippen LogP contribution in [-0.2, 0) is 7.05 Å². The second-order valence-corrected chi connectivity index (χ2v) is 9.89. The number of hydrogen-bond acceptors (Lipinski definition) is 5. The Hall–Kier alpha value is -2.70. The number of rotatable bonds is 2. The number of hydrogen-bond donors (Lipinski definition) is 0. The Morgan fingerprint density at radius 3 is 2.90 bits per heavy atom. The van der Waals surface area contributed by atoms with Gasteiger partial charge in [-0.3, -0.25) is 0 Å². The SMILES string of the molecule is Cc1ncc2c(n1)C1CN(C)CCCC1N2c1ccsc1-c1ccc2c(ccn2C)c1. The van der Waals surface area contributed by atoms with Crippen molar-refractivity contribution in [3.63, 3.8) is 0 Å². The maximum atomic E-state index is 4.94. The first-order chi connectivity index (χ1) is 15.1. The molecule has 0 N–H and O–H groups in total. The van der Waals surface area contributed by atoms with E-state index in [1.165, 1.54) is 51.3 Å². The van der Waals surface area contributed by atoms with E-state index in [1.54, 1.807) is 0 Å². The molecule has 2 unspecified atom stereocenters. The molecule has 0 amide bonds. The molecule has 0 aliphatic carbocycles. The number of fused-ring (bicyclic) bond motifs is 4. The topological polar surface area (TPSA) is 37.2 Å². The summed E-state index contributed by atoms with van der Waals surface area (Å²) in [5.74, 6) is 1.29. The van der Waals surface area contributed by atoms with Crippen molar-refractivity contribution in [1.29, 1.82) is 0 Å². The molecule has 0 bridgehead atoms. The van der Waals surface area contributed by atoms with Gasteiger partial charge >= 0.3 is 0 Å². The highest BCUT2D eigenvalue weighted by Gasteiger charge is 2.43. The van der Waals surface area contributed by atoms with Gasteiger partial charge in [-0.25, -0.2) is 9.97 Å². The lowest BCUT2D eigenvalue weighted by Crippen LogP contribution is -2.32. The molecule has 31 heavy (non-hydrogen) atoms. The van der Waals surface area contributed by atoms with Crippen molar-refractivity contribution in [3.05, 3.63) is 59.6 Å². The second-order valence-electron chi connectivity index (χ2n) is 8.97. The molecule has 1 saturated heterocycles. The van der Waals surface area contributed by atoms with Crippen molar-refractivity contribution < 1.29 is 0 Å². The summed E-state index contributed by atoms with van der Waals surface area (Å²) in [6, 6.07) is 11.7. The lowest BCUT2D eigenvalue weighted by Gasteiger charge is -2.29. The lowest BCUT2D eigenvalue weighted by molar-refractivity contribution is 0.329. The first-order valence-electron chi connectivity index (χ1n) is 11.0. The first-order valence-corrected chi connectivity index (χ1v) is 11.9. The summed E-state index contributed by atoms with van der Waals surface area (Å²) in [5.41, 5.74) is 6.26. The second kappa shape index (κ2) is 7.18. The van der Waals surface area contributed by atoms with Gasteiger partial charge in [-0.2, -0.15) is 0 Å². The summed E-state index contributed by atoms with van der Waals surface area (Å²) in [5, 5.41) is 3.51. The van der Waals surface area contributed by atoms with Crippen LogP contribution in [0.15, 0.2) is 48.1 Å². The van der Waals surface area contributed by atoms with Crippen LogP contribution in [0, 0.1) is 6.92 Å². The van der Waals surface area contributed by atoms with Crippen molar-refractivity contribution in [2.45, 2.75) is 31.7 Å². The largest absolute Gasteiger partial charge is 0.351 e. The van der Waals surface area contributed by atoms with E-state index in [9.17, 15) is 0 Å². The predicted molar refractivity (Wildman–Crippen MR) is 128 cm³/mol. The molecule has 158 valence electrons. The zero-order valence-electron chi connectivity index (χ0n) is 18.2. The van der Waals surface area contributed by atoms with Gasteiger partial charge in [0.25, 0.3) is 0 Å². The fraction of sp³-hybridized carbons (Fsp3) is 0.360. The Bertz CT molecular complexity index is 1270. The molecule has 6 rings (SSSR count). The number of likely N-dealkylation sites (N-methyl/N-ethyl adjacent to an activating group) is 1. The van der Waals surface area contributed by atoms with Crippen LogP contribution in [-0.4, -0.2) is 45.6 Å². The number of anilines is 2. The van der Waals surface area contributed by atoms with Gasteiger partial charge in [0.2, 0.25) is 0 Å². The minimum atomic E-state index is 0.425. The molecule has 2 atom stereocenters. The van der Waals surface area contributed by atoms with E-state index < -0.39 is 0 Å². The van der Waals surface area contributed by atoms with E-state index in [4.69, 9.17) is 4.98 Å². The van der Waals surface area contributed by atoms with Crippen molar-refractivity contribution in [2.75, 3.05) is 25.0 Å². The van der Waals surface area contributed by atoms with Crippen LogP contribution in [0.25, 0.3) is 21.3 Å². The summed E-state index contributed by atoms with van der Waals surface area (Å²) < 4.78 is 2.18. The quantitative estimate of drug-likeness (QED) is 0.431. The molecule has 1 fully saturated rings. The molecule has 0 radical (unpaired) electrons. The molecule has 2 aliphatic heterocycles. The molecule has 5 heterocycles. The van der Waals surface area contributed by atoms with E-state index in [-0.39, 0.29) is 0 Å². The van der Waals surface area contributed by atoms with Gasteiger partial charge < -0.3 is 14.4 Å². The van der Waals surface area contributed by atoms with Crippen LogP contribution in [0.2, 0.25) is 0 Å². The highest BCUT2D eigenvalue weighted by Crippen LogP contribution is 2.50. The smallest absolute Gasteiger partial charge is 0.125 e. The van der Waals surface area contributed by atoms with Gasteiger partial charge in [-0.05, 0) is 68.6 Å². The number of thiophene rings is 1. The summed E-state index contributed by atoms with van der Waals surface area (Å²) in [6.45, 7) is 4.21. The Balaban J connectivity index is 1.49. The van der Waals surface area contributed by atoms with Gasteiger partial charge in [0.1, 0.15) is 5.82 Å². The highest BCUT2D eigenvalue weighted by atomic mass is 32.1. The van der Waals surface area contributed by atoms with Crippen LogP contribution in [0.1, 0.15) is 30.3 Å². The molecule has 0 saturated carbocycles. The molecule has 2 aliphatic rings. The average Bonchev–Trinajstić information content (AvgIpc) is 3.41. The molecule has 5 nitrogen and oxygen atoms in total. The number of benzene rings is 1. The van der Waals surface area contributed by atoms with Gasteiger partial charge in [-0.15, -0.1) is 11.3 Å². The summed E-state index contributed by atoms with van der Waals surface area (Å²) in [6.07, 6.45) is 6.57. The van der Waals surface area contributed by atoms with Crippen LogP contribution in [0.5, 0.6) is 0 Å². The minimum absolute atomic E-state index is 0.425. The van der Waals surface area contributed by atoms with Crippen LogP contribution in [0.4, 0.5) is 11.4 Å². The van der Waals surface area contributed by atoms with E-state index in [2.05, 4.69) is 75.4 Å². The molecular weight excluding hydrogens is 402 g/mol. The van der Waals surface area contributed by atoms with Crippen molar-refractivity contribution in [3.8, 4) is 10.4 Å². The highest BCUT2D eigenvalue weighted by molar-refractivity contribution is 7.14. The number of nitrogens with zero attached hydrogens (tertiary/aromatic N) is 5. The zero-order chi connectivity index (χ0) is 21.1.